The Labute approximate surface area is 193 Å². The molecule has 1 aliphatic carbocycles. The van der Waals surface area contributed by atoms with Crippen LogP contribution < -0.4 is 9.47 Å². The Morgan fingerprint density at radius 1 is 1.03 bits per heavy atom. The van der Waals surface area contributed by atoms with Crippen molar-refractivity contribution in [2.45, 2.75) is 25.3 Å². The van der Waals surface area contributed by atoms with Crippen LogP contribution in [0, 0.1) is 5.92 Å². The van der Waals surface area contributed by atoms with Crippen molar-refractivity contribution in [3.05, 3.63) is 89.4 Å². The van der Waals surface area contributed by atoms with Crippen LogP contribution in [0.5, 0.6) is 11.5 Å². The minimum absolute atomic E-state index is 0.121. The highest BCUT2D eigenvalue weighted by molar-refractivity contribution is 6.09. The lowest BCUT2D eigenvalue weighted by atomic mass is 9.77. The smallest absolute Gasteiger partial charge is 0.310 e. The first-order valence-electron chi connectivity index (χ1n) is 11.1. The molecule has 1 saturated carbocycles. The largest absolute Gasteiger partial charge is 0.497 e. The van der Waals surface area contributed by atoms with Gasteiger partial charge in [0.05, 0.1) is 32.2 Å². The molecule has 0 N–H and O–H groups in total. The van der Waals surface area contributed by atoms with Gasteiger partial charge >= 0.3 is 5.91 Å². The summed E-state index contributed by atoms with van der Waals surface area (Å²) in [5.74, 6) is 1.79. The quantitative estimate of drug-likeness (QED) is 0.506. The average molecular weight is 443 g/mol. The first-order valence-corrected chi connectivity index (χ1v) is 11.1. The van der Waals surface area contributed by atoms with Gasteiger partial charge < -0.3 is 13.9 Å². The number of allylic oxidation sites excluding steroid dienone is 1. The number of hydrazone groups is 1. The molecule has 1 aromatic heterocycles. The molecular formula is C27H26N2O4. The number of hydrogen-bond donors (Lipinski definition) is 0. The molecule has 0 bridgehead atoms. The molecule has 1 amide bonds. The summed E-state index contributed by atoms with van der Waals surface area (Å²) in [5, 5.41) is 6.50. The van der Waals surface area contributed by atoms with E-state index in [1.807, 2.05) is 48.5 Å². The van der Waals surface area contributed by atoms with Crippen LogP contribution in [0.2, 0.25) is 0 Å². The summed E-state index contributed by atoms with van der Waals surface area (Å²) >= 11 is 0. The molecule has 6 nitrogen and oxygen atoms in total. The molecule has 0 saturated heterocycles. The van der Waals surface area contributed by atoms with E-state index in [0.717, 1.165) is 47.6 Å². The molecule has 2 aliphatic rings. The fourth-order valence-corrected chi connectivity index (χ4v) is 4.72. The predicted molar refractivity (Wildman–Crippen MR) is 126 cm³/mol. The lowest BCUT2D eigenvalue weighted by Crippen LogP contribution is -2.31. The van der Waals surface area contributed by atoms with Crippen molar-refractivity contribution < 1.29 is 18.7 Å². The first kappa shape index (κ1) is 21.1. The van der Waals surface area contributed by atoms with E-state index in [1.54, 1.807) is 31.4 Å². The van der Waals surface area contributed by atoms with E-state index >= 15 is 0 Å². The summed E-state index contributed by atoms with van der Waals surface area (Å²) in [4.78, 5) is 13.4. The molecule has 6 heteroatoms. The number of furan rings is 1. The zero-order valence-electron chi connectivity index (χ0n) is 18.7. The highest BCUT2D eigenvalue weighted by atomic mass is 16.5. The number of methoxy groups -OCH3 is 2. The number of nitrogens with zero attached hydrogens (tertiary/aromatic N) is 2. The van der Waals surface area contributed by atoms with Gasteiger partial charge in [-0.1, -0.05) is 24.3 Å². The molecule has 2 heterocycles. The standard InChI is InChI=1S/C27H26N2O4/c1-31-21-12-8-18(9-13-21)17-20-5-3-6-23-25(20)28-29(27(30)24-7-4-16-33-24)26(23)19-10-14-22(32-2)15-11-19/h4,7-17,23,26H,3,5-6H2,1-2H3/b20-17+/t23-,26-/m0/s1. The van der Waals surface area contributed by atoms with Crippen LogP contribution in [0.3, 0.4) is 0 Å². The van der Waals surface area contributed by atoms with Gasteiger partial charge in [0.1, 0.15) is 11.5 Å². The van der Waals surface area contributed by atoms with E-state index in [2.05, 4.69) is 6.08 Å². The van der Waals surface area contributed by atoms with E-state index < -0.39 is 0 Å². The fraction of sp³-hybridized carbons (Fsp3) is 0.259. The van der Waals surface area contributed by atoms with E-state index in [-0.39, 0.29) is 23.6 Å². The minimum Gasteiger partial charge on any atom is -0.497 e. The molecule has 0 spiro atoms. The first-order chi connectivity index (χ1) is 16.2. The lowest BCUT2D eigenvalue weighted by Gasteiger charge is -2.29. The number of benzene rings is 2. The second-order valence-corrected chi connectivity index (χ2v) is 8.27. The molecule has 168 valence electrons. The Morgan fingerprint density at radius 2 is 1.73 bits per heavy atom. The van der Waals surface area contributed by atoms with E-state index in [9.17, 15) is 4.79 Å². The van der Waals surface area contributed by atoms with Crippen LogP contribution >= 0.6 is 0 Å². The van der Waals surface area contributed by atoms with Gasteiger partial charge in [-0.2, -0.15) is 5.10 Å². The number of fused-ring (bicyclic) bond motifs is 1. The summed E-state index contributed by atoms with van der Waals surface area (Å²) in [5.41, 5.74) is 4.28. The molecule has 33 heavy (non-hydrogen) atoms. The summed E-state index contributed by atoms with van der Waals surface area (Å²) in [6.45, 7) is 0. The predicted octanol–water partition coefficient (Wildman–Crippen LogP) is 5.73. The third kappa shape index (κ3) is 4.04. The second kappa shape index (κ2) is 8.98. The Balaban J connectivity index is 1.54. The monoisotopic (exact) mass is 442 g/mol. The summed E-state index contributed by atoms with van der Waals surface area (Å²) in [7, 11) is 3.31. The zero-order chi connectivity index (χ0) is 22.8. The normalized spacial score (nSPS) is 21.0. The maximum absolute atomic E-state index is 13.4. The van der Waals surface area contributed by atoms with Crippen LogP contribution in [0.1, 0.15) is 47.0 Å². The van der Waals surface area contributed by atoms with Gasteiger partial charge in [-0.05, 0) is 78.4 Å². The average Bonchev–Trinajstić information content (AvgIpc) is 3.53. The van der Waals surface area contributed by atoms with Gasteiger partial charge in [-0.15, -0.1) is 0 Å². The van der Waals surface area contributed by atoms with Crippen molar-refractivity contribution in [1.82, 2.24) is 5.01 Å². The third-order valence-corrected chi connectivity index (χ3v) is 6.36. The molecule has 2 atom stereocenters. The van der Waals surface area contributed by atoms with Crippen LogP contribution in [0.4, 0.5) is 0 Å². The molecule has 0 unspecified atom stereocenters. The van der Waals surface area contributed by atoms with Crippen LogP contribution in [0.25, 0.3) is 6.08 Å². The van der Waals surface area contributed by atoms with Crippen LogP contribution in [0.15, 0.2) is 82.0 Å². The highest BCUT2D eigenvalue weighted by Gasteiger charge is 2.44. The maximum atomic E-state index is 13.4. The van der Waals surface area contributed by atoms with Gasteiger partial charge in [0.15, 0.2) is 5.76 Å². The molecule has 3 aromatic rings. The van der Waals surface area contributed by atoms with Crippen molar-refractivity contribution in [1.29, 1.82) is 0 Å². The zero-order valence-corrected chi connectivity index (χ0v) is 18.7. The molecule has 0 radical (unpaired) electrons. The molecule has 5 rings (SSSR count). The number of ether oxygens (including phenoxy) is 2. The number of amides is 1. The van der Waals surface area contributed by atoms with Gasteiger partial charge in [0.2, 0.25) is 0 Å². The molecule has 1 fully saturated rings. The van der Waals surface area contributed by atoms with Gasteiger partial charge in [-0.25, -0.2) is 5.01 Å². The lowest BCUT2D eigenvalue weighted by molar-refractivity contribution is 0.0648. The number of rotatable bonds is 5. The molecule has 1 aliphatic heterocycles. The van der Waals surface area contributed by atoms with E-state index in [4.69, 9.17) is 19.0 Å². The number of carbonyl (C=O) groups excluding carboxylic acids is 1. The van der Waals surface area contributed by atoms with Crippen LogP contribution in [-0.2, 0) is 0 Å². The van der Waals surface area contributed by atoms with Gasteiger partial charge in [-0.3, -0.25) is 4.79 Å². The Bertz CT molecular complexity index is 1180. The SMILES string of the molecule is COc1ccc(/C=C2\CCC[C@H]3C2=NN(C(=O)c2ccco2)[C@H]3c2ccc(OC)cc2)cc1. The van der Waals surface area contributed by atoms with Gasteiger partial charge in [0.25, 0.3) is 0 Å². The summed E-state index contributed by atoms with van der Waals surface area (Å²) < 4.78 is 16.0. The second-order valence-electron chi connectivity index (χ2n) is 8.27. The molecular weight excluding hydrogens is 416 g/mol. The summed E-state index contributed by atoms with van der Waals surface area (Å²) in [6.07, 6.45) is 6.63. The maximum Gasteiger partial charge on any atom is 0.310 e. The fourth-order valence-electron chi connectivity index (χ4n) is 4.72. The van der Waals surface area contributed by atoms with Crippen molar-refractivity contribution in [3.8, 4) is 11.5 Å². The number of hydrogen-bond acceptors (Lipinski definition) is 5. The minimum atomic E-state index is -0.230. The van der Waals surface area contributed by atoms with Crippen LogP contribution in [-0.4, -0.2) is 30.8 Å². The Morgan fingerprint density at radius 3 is 2.36 bits per heavy atom. The van der Waals surface area contributed by atoms with Crippen molar-refractivity contribution in [2.75, 3.05) is 14.2 Å². The van der Waals surface area contributed by atoms with E-state index in [0.29, 0.717) is 0 Å². The third-order valence-electron chi connectivity index (χ3n) is 6.36. The van der Waals surface area contributed by atoms with Crippen molar-refractivity contribution in [3.63, 3.8) is 0 Å². The molecule has 2 aromatic carbocycles. The Kier molecular flexibility index (Phi) is 5.73. The van der Waals surface area contributed by atoms with Crippen molar-refractivity contribution in [2.24, 2.45) is 11.0 Å². The van der Waals surface area contributed by atoms with Gasteiger partial charge in [0, 0.05) is 5.92 Å². The highest BCUT2D eigenvalue weighted by Crippen LogP contribution is 2.45. The Hall–Kier alpha value is -3.80. The summed E-state index contributed by atoms with van der Waals surface area (Å²) in [6, 6.07) is 19.1. The topological polar surface area (TPSA) is 64.3 Å². The van der Waals surface area contributed by atoms with Crippen molar-refractivity contribution >= 4 is 17.7 Å². The van der Waals surface area contributed by atoms with E-state index in [1.165, 1.54) is 11.8 Å². The number of carbonyl (C=O) groups is 1.